The number of hydrogen-bond donors (Lipinski definition) is 1. The van der Waals surface area contributed by atoms with Crippen molar-refractivity contribution in [1.82, 2.24) is 9.99 Å². The minimum absolute atomic E-state index is 0.0700. The number of carbonyl (C=O) groups excluding carboxylic acids is 1. The van der Waals surface area contributed by atoms with Crippen LogP contribution in [0, 0.1) is 0 Å². The van der Waals surface area contributed by atoms with Gasteiger partial charge in [-0.15, -0.1) is 0 Å². The lowest BCUT2D eigenvalue weighted by molar-refractivity contribution is 0.0524. The monoisotopic (exact) mass is 357 g/mol. The smallest absolute Gasteiger partial charge is 0.343 e. The van der Waals surface area contributed by atoms with Gasteiger partial charge in [-0.3, -0.25) is 9.47 Å². The van der Waals surface area contributed by atoms with E-state index in [-0.39, 0.29) is 17.6 Å². The van der Waals surface area contributed by atoms with Crippen molar-refractivity contribution in [1.29, 1.82) is 0 Å². The van der Waals surface area contributed by atoms with Gasteiger partial charge in [0.1, 0.15) is 5.56 Å². The molecule has 1 N–H and O–H groups in total. The number of nitrogens with zero attached hydrogens (tertiary/aromatic N) is 2. The lowest BCUT2D eigenvalue weighted by Crippen LogP contribution is -2.30. The van der Waals surface area contributed by atoms with Gasteiger partial charge in [-0.1, -0.05) is 6.07 Å². The van der Waals surface area contributed by atoms with Crippen LogP contribution in [-0.2, 0) is 11.2 Å². The largest absolute Gasteiger partial charge is 0.462 e. The van der Waals surface area contributed by atoms with Gasteiger partial charge in [-0.05, 0) is 56.8 Å². The van der Waals surface area contributed by atoms with Gasteiger partial charge in [0.15, 0.2) is 0 Å². The van der Waals surface area contributed by atoms with Crippen molar-refractivity contribution in [3.05, 3.63) is 45.7 Å². The third-order valence-electron chi connectivity index (χ3n) is 4.63. The van der Waals surface area contributed by atoms with Crippen LogP contribution in [0.4, 0.5) is 0 Å². The lowest BCUT2D eigenvalue weighted by Gasteiger charge is -2.21. The van der Waals surface area contributed by atoms with Gasteiger partial charge >= 0.3 is 5.97 Å². The molecule has 1 aromatic carbocycles. The number of esters is 1. The number of fused-ring (bicyclic) bond motifs is 1. The Morgan fingerprint density at radius 1 is 1.35 bits per heavy atom. The van der Waals surface area contributed by atoms with Crippen LogP contribution in [0.2, 0.25) is 0 Å². The van der Waals surface area contributed by atoms with Crippen LogP contribution < -0.4 is 15.8 Å². The van der Waals surface area contributed by atoms with Gasteiger partial charge < -0.3 is 15.1 Å². The summed E-state index contributed by atoms with van der Waals surface area (Å²) in [6.07, 6.45) is 6.07. The second kappa shape index (κ2) is 7.91. The maximum Gasteiger partial charge on any atom is 0.343 e. The molecule has 6 nitrogen and oxygen atoms in total. The molecule has 1 aliphatic rings. The molecule has 0 atom stereocenters. The number of pyridine rings is 1. The minimum Gasteiger partial charge on any atom is -0.462 e. The quantitative estimate of drug-likeness (QED) is 0.579. The summed E-state index contributed by atoms with van der Waals surface area (Å²) in [4.78, 5) is 25.0. The van der Waals surface area contributed by atoms with E-state index >= 15 is 0 Å². The fourth-order valence-corrected chi connectivity index (χ4v) is 3.09. The molecule has 1 fully saturated rings. The number of ether oxygens (including phenoxy) is 1. The van der Waals surface area contributed by atoms with E-state index in [4.69, 9.17) is 4.74 Å². The number of carbonyl (C=O) groups is 1. The van der Waals surface area contributed by atoms with Crippen molar-refractivity contribution in [2.45, 2.75) is 38.6 Å². The number of rotatable bonds is 8. The summed E-state index contributed by atoms with van der Waals surface area (Å²) in [6, 6.07) is 6.64. The average Bonchev–Trinajstić information content (AvgIpc) is 3.43. The molecule has 3 rings (SSSR count). The Kier molecular flexibility index (Phi) is 5.61. The van der Waals surface area contributed by atoms with Crippen LogP contribution in [0.1, 0.15) is 42.1 Å². The SMILES string of the molecule is CCOC(=O)c1cn(N(C)C)c2ccc(CCCNC3CC3)cc2c1=O. The van der Waals surface area contributed by atoms with E-state index in [2.05, 4.69) is 11.4 Å². The molecule has 0 radical (unpaired) electrons. The first-order valence-electron chi connectivity index (χ1n) is 9.27. The average molecular weight is 357 g/mol. The maximum absolute atomic E-state index is 12.9. The van der Waals surface area contributed by atoms with E-state index in [1.807, 2.05) is 31.2 Å². The Labute approximate surface area is 153 Å². The van der Waals surface area contributed by atoms with Gasteiger partial charge in [0, 0.05) is 31.7 Å². The number of nitrogens with one attached hydrogen (secondary N) is 1. The molecular formula is C20H27N3O3. The van der Waals surface area contributed by atoms with Gasteiger partial charge in [0.25, 0.3) is 0 Å². The highest BCUT2D eigenvalue weighted by Crippen LogP contribution is 2.19. The van der Waals surface area contributed by atoms with Crippen molar-refractivity contribution in [2.75, 3.05) is 32.3 Å². The summed E-state index contributed by atoms with van der Waals surface area (Å²) < 4.78 is 6.86. The second-order valence-electron chi connectivity index (χ2n) is 6.97. The molecule has 0 unspecified atom stereocenters. The molecule has 1 saturated carbocycles. The van der Waals surface area contributed by atoms with E-state index in [1.165, 1.54) is 12.8 Å². The predicted octanol–water partition coefficient (Wildman–Crippen LogP) is 2.06. The van der Waals surface area contributed by atoms with Crippen LogP contribution in [0.15, 0.2) is 29.2 Å². The summed E-state index contributed by atoms with van der Waals surface area (Å²) >= 11 is 0. The third kappa shape index (κ3) is 4.07. The molecule has 0 spiro atoms. The maximum atomic E-state index is 12.9. The number of hydrogen-bond acceptors (Lipinski definition) is 5. The highest BCUT2D eigenvalue weighted by Gasteiger charge is 2.20. The summed E-state index contributed by atoms with van der Waals surface area (Å²) in [5.74, 6) is -0.575. The third-order valence-corrected chi connectivity index (χ3v) is 4.63. The van der Waals surface area contributed by atoms with Crippen LogP contribution in [0.5, 0.6) is 0 Å². The topological polar surface area (TPSA) is 63.6 Å². The minimum atomic E-state index is -0.575. The van der Waals surface area contributed by atoms with Crippen molar-refractivity contribution >= 4 is 16.9 Å². The van der Waals surface area contributed by atoms with Gasteiger partial charge in [-0.25, -0.2) is 4.79 Å². The molecule has 6 heteroatoms. The molecule has 0 aliphatic heterocycles. The van der Waals surface area contributed by atoms with Crippen molar-refractivity contribution in [3.63, 3.8) is 0 Å². The zero-order chi connectivity index (χ0) is 18.7. The molecule has 1 aromatic heterocycles. The number of aromatic nitrogens is 1. The van der Waals surface area contributed by atoms with Crippen LogP contribution >= 0.6 is 0 Å². The van der Waals surface area contributed by atoms with Crippen molar-refractivity contribution < 1.29 is 9.53 Å². The lowest BCUT2D eigenvalue weighted by atomic mass is 10.0. The van der Waals surface area contributed by atoms with E-state index in [1.54, 1.807) is 17.8 Å². The zero-order valence-corrected chi connectivity index (χ0v) is 15.7. The molecule has 0 amide bonds. The zero-order valence-electron chi connectivity index (χ0n) is 15.7. The Hall–Kier alpha value is -2.34. The van der Waals surface area contributed by atoms with E-state index in [0.29, 0.717) is 11.4 Å². The number of benzene rings is 1. The Morgan fingerprint density at radius 3 is 2.77 bits per heavy atom. The highest BCUT2D eigenvalue weighted by molar-refractivity contribution is 5.94. The predicted molar refractivity (Wildman–Crippen MR) is 104 cm³/mol. The highest BCUT2D eigenvalue weighted by atomic mass is 16.5. The normalized spacial score (nSPS) is 13.8. The van der Waals surface area contributed by atoms with E-state index in [0.717, 1.165) is 30.5 Å². The first-order chi connectivity index (χ1) is 12.5. The molecule has 0 bridgehead atoms. The van der Waals surface area contributed by atoms with Crippen molar-refractivity contribution in [3.8, 4) is 0 Å². The van der Waals surface area contributed by atoms with Gasteiger partial charge in [0.2, 0.25) is 5.43 Å². The second-order valence-corrected chi connectivity index (χ2v) is 6.97. The number of aryl methyl sites for hydroxylation is 1. The van der Waals surface area contributed by atoms with E-state index < -0.39 is 5.97 Å². The van der Waals surface area contributed by atoms with Crippen LogP contribution in [-0.4, -0.2) is 43.9 Å². The fourth-order valence-electron chi connectivity index (χ4n) is 3.09. The molecule has 0 saturated heterocycles. The Balaban J connectivity index is 1.92. The Bertz CT molecular complexity index is 853. The van der Waals surface area contributed by atoms with Crippen LogP contribution in [0.25, 0.3) is 10.9 Å². The van der Waals surface area contributed by atoms with Gasteiger partial charge in [-0.2, -0.15) is 0 Å². The fraction of sp³-hybridized carbons (Fsp3) is 0.500. The first kappa shape index (κ1) is 18.5. The van der Waals surface area contributed by atoms with Crippen LogP contribution in [0.3, 0.4) is 0 Å². The molecule has 140 valence electrons. The molecular weight excluding hydrogens is 330 g/mol. The standard InChI is InChI=1S/C20H27N3O3/c1-4-26-20(25)17-13-23(22(2)3)18-10-7-14(12-16(18)19(17)24)6-5-11-21-15-8-9-15/h7,10,12-13,15,21H,4-6,8-9,11H2,1-3H3. The first-order valence-corrected chi connectivity index (χ1v) is 9.27. The molecule has 1 aliphatic carbocycles. The summed E-state index contributed by atoms with van der Waals surface area (Å²) in [6.45, 7) is 2.97. The van der Waals surface area contributed by atoms with Crippen molar-refractivity contribution in [2.24, 2.45) is 0 Å². The van der Waals surface area contributed by atoms with Gasteiger partial charge in [0.05, 0.1) is 12.1 Å². The molecule has 1 heterocycles. The summed E-state index contributed by atoms with van der Waals surface area (Å²) in [7, 11) is 3.74. The summed E-state index contributed by atoms with van der Waals surface area (Å²) in [5, 5.41) is 5.89. The Morgan fingerprint density at radius 2 is 2.12 bits per heavy atom. The molecule has 26 heavy (non-hydrogen) atoms. The summed E-state index contributed by atoms with van der Waals surface area (Å²) in [5.41, 5.74) is 1.70. The molecule has 2 aromatic rings. The van der Waals surface area contributed by atoms with E-state index in [9.17, 15) is 9.59 Å².